The number of aliphatic carboxylic acids is 1. The van der Waals surface area contributed by atoms with Gasteiger partial charge in [-0.2, -0.15) is 0 Å². The monoisotopic (exact) mass is 276 g/mol. The molecule has 0 saturated heterocycles. The Morgan fingerprint density at radius 1 is 1.27 bits per heavy atom. The first-order valence-corrected chi connectivity index (χ1v) is 4.61. The van der Waals surface area contributed by atoms with Crippen LogP contribution in [0.5, 0.6) is 5.75 Å². The maximum atomic E-state index is 10.1. The van der Waals surface area contributed by atoms with Crippen LogP contribution in [0.3, 0.4) is 0 Å². The van der Waals surface area contributed by atoms with Crippen LogP contribution in [-0.2, 0) is 4.79 Å². The molecule has 0 atom stereocenters. The number of benzene rings is 1. The van der Waals surface area contributed by atoms with Gasteiger partial charge in [-0.3, -0.25) is 0 Å². The van der Waals surface area contributed by atoms with Gasteiger partial charge < -0.3 is 14.6 Å². The fraction of sp³-hybridized carbons (Fsp3) is 0.125. The number of hydrogen-bond acceptors (Lipinski definition) is 3. The summed E-state index contributed by atoms with van der Waals surface area (Å²) in [7, 11) is 0. The number of rotatable bonds is 3. The molecule has 0 spiro atoms. The molecule has 1 aromatic rings. The summed E-state index contributed by atoms with van der Waals surface area (Å²) >= 11 is 17.1. The number of halogens is 3. The van der Waals surface area contributed by atoms with Crippen LogP contribution in [0.25, 0.3) is 0 Å². The predicted molar refractivity (Wildman–Crippen MR) is 52.0 cm³/mol. The quantitative estimate of drug-likeness (QED) is 0.651. The summed E-state index contributed by atoms with van der Waals surface area (Å²) in [4.78, 5) is 10.1. The van der Waals surface area contributed by atoms with Gasteiger partial charge in [-0.1, -0.05) is 34.8 Å². The number of carbonyl (C=O) groups excluding carboxylic acids is 1. The van der Waals surface area contributed by atoms with Gasteiger partial charge in [-0.25, -0.2) is 0 Å². The van der Waals surface area contributed by atoms with Crippen molar-refractivity contribution in [3.05, 3.63) is 27.2 Å². The molecule has 0 aliphatic carbocycles. The Labute approximate surface area is 124 Å². The van der Waals surface area contributed by atoms with Gasteiger partial charge in [0.2, 0.25) is 0 Å². The van der Waals surface area contributed by atoms with Crippen LogP contribution >= 0.6 is 34.8 Å². The second-order valence-corrected chi connectivity index (χ2v) is 3.61. The zero-order valence-electron chi connectivity index (χ0n) is 7.72. The molecule has 1 aromatic carbocycles. The van der Waals surface area contributed by atoms with Gasteiger partial charge >= 0.3 is 29.6 Å². The molecular weight excluding hydrogens is 273 g/mol. The maximum Gasteiger partial charge on any atom is 1.00 e. The van der Waals surface area contributed by atoms with E-state index in [1.807, 2.05) is 0 Å². The van der Waals surface area contributed by atoms with Crippen LogP contribution in [0.1, 0.15) is 0 Å². The van der Waals surface area contributed by atoms with Crippen molar-refractivity contribution >= 4 is 40.8 Å². The summed E-state index contributed by atoms with van der Waals surface area (Å²) in [5.41, 5.74) is 0. The minimum absolute atomic E-state index is 0. The van der Waals surface area contributed by atoms with E-state index in [0.717, 1.165) is 0 Å². The fourth-order valence-corrected chi connectivity index (χ4v) is 1.72. The Morgan fingerprint density at radius 2 is 1.73 bits per heavy atom. The molecule has 15 heavy (non-hydrogen) atoms. The molecule has 0 aromatic heterocycles. The second-order valence-electron chi connectivity index (χ2n) is 2.36. The van der Waals surface area contributed by atoms with E-state index in [-0.39, 0.29) is 45.4 Å². The van der Waals surface area contributed by atoms with Crippen molar-refractivity contribution in [2.75, 3.05) is 6.61 Å². The van der Waals surface area contributed by atoms with E-state index in [4.69, 9.17) is 39.5 Å². The Balaban J connectivity index is 0.00000196. The van der Waals surface area contributed by atoms with Gasteiger partial charge in [0.1, 0.15) is 6.61 Å². The van der Waals surface area contributed by atoms with Crippen molar-refractivity contribution in [2.24, 2.45) is 0 Å². The van der Waals surface area contributed by atoms with E-state index in [9.17, 15) is 9.90 Å². The molecule has 76 valence electrons. The second kappa shape index (κ2) is 6.84. The minimum Gasteiger partial charge on any atom is -0.546 e. The van der Waals surface area contributed by atoms with Crippen LogP contribution in [-0.4, -0.2) is 12.6 Å². The number of carboxylic acid groups (broad SMARTS) is 1. The van der Waals surface area contributed by atoms with Gasteiger partial charge in [0.15, 0.2) is 5.75 Å². The number of ether oxygens (including phenoxy) is 1. The fourth-order valence-electron chi connectivity index (χ4n) is 0.798. The third kappa shape index (κ3) is 4.81. The third-order valence-corrected chi connectivity index (χ3v) is 2.08. The smallest absolute Gasteiger partial charge is 0.546 e. The molecule has 0 fully saturated rings. The largest absolute Gasteiger partial charge is 1.00 e. The molecule has 1 rings (SSSR count). The average Bonchev–Trinajstić information content (AvgIpc) is 2.01. The number of carbonyl (C=O) groups is 1. The topological polar surface area (TPSA) is 49.4 Å². The Hall–Kier alpha value is 0.360. The predicted octanol–water partition coefficient (Wildman–Crippen LogP) is -1.22. The zero-order chi connectivity index (χ0) is 10.7. The van der Waals surface area contributed by atoms with Crippen molar-refractivity contribution in [1.82, 2.24) is 0 Å². The van der Waals surface area contributed by atoms with E-state index in [1.54, 1.807) is 0 Å². The zero-order valence-corrected chi connectivity index (χ0v) is 12.0. The first kappa shape index (κ1) is 15.4. The molecule has 0 amide bonds. The van der Waals surface area contributed by atoms with E-state index in [1.165, 1.54) is 12.1 Å². The Morgan fingerprint density at radius 3 is 2.13 bits per heavy atom. The summed E-state index contributed by atoms with van der Waals surface area (Å²) in [6.07, 6.45) is 0. The van der Waals surface area contributed by atoms with Crippen molar-refractivity contribution in [2.45, 2.75) is 0 Å². The van der Waals surface area contributed by atoms with E-state index < -0.39 is 12.6 Å². The normalized spacial score (nSPS) is 9.27. The minimum atomic E-state index is -1.35. The van der Waals surface area contributed by atoms with Crippen LogP contribution in [0.15, 0.2) is 12.1 Å². The molecule has 0 aliphatic rings. The summed E-state index contributed by atoms with van der Waals surface area (Å²) in [5, 5.41) is 10.8. The average molecular weight is 277 g/mol. The van der Waals surface area contributed by atoms with Crippen molar-refractivity contribution in [3.63, 3.8) is 0 Å². The first-order valence-electron chi connectivity index (χ1n) is 3.48. The standard InChI is InChI=1S/C8H5Cl3O3.Na/c9-4-1-5(10)8(6(11)2-4)14-3-7(12)13;/h1-2H,3H2,(H,12,13);/q;+1/p-1. The van der Waals surface area contributed by atoms with Gasteiger partial charge in [-0.15, -0.1) is 0 Å². The van der Waals surface area contributed by atoms with Gasteiger partial charge in [0.05, 0.1) is 16.0 Å². The maximum absolute atomic E-state index is 10.1. The third-order valence-electron chi connectivity index (χ3n) is 1.30. The summed E-state index contributed by atoms with van der Waals surface area (Å²) < 4.78 is 4.80. The van der Waals surface area contributed by atoms with Crippen LogP contribution in [0.4, 0.5) is 0 Å². The van der Waals surface area contributed by atoms with Gasteiger partial charge in [-0.05, 0) is 12.1 Å². The van der Waals surface area contributed by atoms with Crippen LogP contribution in [0.2, 0.25) is 15.1 Å². The molecule has 0 radical (unpaired) electrons. The first-order chi connectivity index (χ1) is 6.50. The van der Waals surface area contributed by atoms with E-state index >= 15 is 0 Å². The SMILES string of the molecule is O=C([O-])COc1c(Cl)cc(Cl)cc1Cl.[Na+]. The van der Waals surface area contributed by atoms with Crippen LogP contribution in [0, 0.1) is 0 Å². The Kier molecular flexibility index (Phi) is 7.00. The molecule has 0 saturated carbocycles. The Bertz CT molecular complexity index is 347. The molecular formula is C8H4Cl3NaO3. The van der Waals surface area contributed by atoms with E-state index in [2.05, 4.69) is 0 Å². The molecule has 3 nitrogen and oxygen atoms in total. The molecule has 0 aliphatic heterocycles. The number of carboxylic acids is 1. The van der Waals surface area contributed by atoms with Crippen molar-refractivity contribution < 1.29 is 44.2 Å². The summed E-state index contributed by atoms with van der Waals surface area (Å²) in [6, 6.07) is 2.80. The van der Waals surface area contributed by atoms with Gasteiger partial charge in [0, 0.05) is 5.02 Å². The molecule has 7 heteroatoms. The van der Waals surface area contributed by atoms with Gasteiger partial charge in [0.25, 0.3) is 0 Å². The summed E-state index contributed by atoms with van der Waals surface area (Å²) in [5.74, 6) is -1.27. The number of hydrogen-bond donors (Lipinski definition) is 0. The summed E-state index contributed by atoms with van der Waals surface area (Å²) in [6.45, 7) is -0.610. The molecule has 0 bridgehead atoms. The van der Waals surface area contributed by atoms with E-state index in [0.29, 0.717) is 5.02 Å². The van der Waals surface area contributed by atoms with Crippen LogP contribution < -0.4 is 39.4 Å². The molecule has 0 heterocycles. The van der Waals surface area contributed by atoms with Crippen molar-refractivity contribution in [3.8, 4) is 5.75 Å². The molecule has 0 N–H and O–H groups in total. The van der Waals surface area contributed by atoms with Crippen molar-refractivity contribution in [1.29, 1.82) is 0 Å². The molecule has 0 unspecified atom stereocenters.